The Labute approximate surface area is 123 Å². The van der Waals surface area contributed by atoms with Crippen LogP contribution in [0.25, 0.3) is 0 Å². The number of rotatable bonds is 2. The summed E-state index contributed by atoms with van der Waals surface area (Å²) >= 11 is 5.54. The molecule has 3 rings (SSSR count). The molecule has 108 valence electrons. The molecule has 0 radical (unpaired) electrons. The van der Waals surface area contributed by atoms with Gasteiger partial charge >= 0.3 is 0 Å². The second-order valence-corrected chi connectivity index (χ2v) is 7.35. The molecule has 3 fully saturated rings. The Bertz CT molecular complexity index is 310. The molecule has 0 aromatic carbocycles. The van der Waals surface area contributed by atoms with Gasteiger partial charge in [0.2, 0.25) is 0 Å². The highest BCUT2D eigenvalue weighted by Gasteiger charge is 2.39. The van der Waals surface area contributed by atoms with Gasteiger partial charge in [0.1, 0.15) is 0 Å². The monoisotopic (exact) mass is 280 g/mol. The normalized spacial score (nSPS) is 35.7. The van der Waals surface area contributed by atoms with Crippen molar-refractivity contribution >= 4 is 17.3 Å². The Balaban J connectivity index is 1.42. The standard InChI is InChI=1S/C16H28N2S/c19-16(17-14-6-4-2-1-3-5-7-14)18-15-11-12-8-9-13(15)10-12/h12-15H,1-11H2,(H2,17,18,19)/t12-,13-,15+/m0/s1. The molecule has 0 saturated heterocycles. The molecule has 3 atom stereocenters. The van der Waals surface area contributed by atoms with Gasteiger partial charge in [-0.15, -0.1) is 0 Å². The van der Waals surface area contributed by atoms with Crippen LogP contribution in [0.5, 0.6) is 0 Å². The molecular weight excluding hydrogens is 252 g/mol. The van der Waals surface area contributed by atoms with Gasteiger partial charge in [0.15, 0.2) is 5.11 Å². The van der Waals surface area contributed by atoms with E-state index in [9.17, 15) is 0 Å². The highest BCUT2D eigenvalue weighted by Crippen LogP contribution is 2.44. The third kappa shape index (κ3) is 3.62. The Hall–Kier alpha value is -0.310. The van der Waals surface area contributed by atoms with E-state index in [2.05, 4.69) is 10.6 Å². The summed E-state index contributed by atoms with van der Waals surface area (Å²) in [6.07, 6.45) is 15.3. The van der Waals surface area contributed by atoms with Crippen LogP contribution < -0.4 is 10.6 Å². The van der Waals surface area contributed by atoms with E-state index in [1.165, 1.54) is 70.6 Å². The maximum atomic E-state index is 5.54. The lowest BCUT2D eigenvalue weighted by molar-refractivity contribution is 0.382. The van der Waals surface area contributed by atoms with Gasteiger partial charge in [-0.2, -0.15) is 0 Å². The first-order valence-corrected chi connectivity index (χ1v) is 8.79. The minimum absolute atomic E-state index is 0.624. The molecule has 0 unspecified atom stereocenters. The van der Waals surface area contributed by atoms with Gasteiger partial charge < -0.3 is 10.6 Å². The lowest BCUT2D eigenvalue weighted by atomic mass is 9.95. The third-order valence-electron chi connectivity index (χ3n) is 5.49. The molecule has 0 aliphatic heterocycles. The van der Waals surface area contributed by atoms with Crippen LogP contribution in [0.15, 0.2) is 0 Å². The number of hydrogen-bond donors (Lipinski definition) is 2. The summed E-state index contributed by atoms with van der Waals surface area (Å²) in [5.41, 5.74) is 0. The fourth-order valence-electron chi connectivity index (χ4n) is 4.42. The van der Waals surface area contributed by atoms with Crippen molar-refractivity contribution in [3.05, 3.63) is 0 Å². The highest BCUT2D eigenvalue weighted by atomic mass is 32.1. The van der Waals surface area contributed by atoms with Crippen molar-refractivity contribution in [3.63, 3.8) is 0 Å². The summed E-state index contributed by atoms with van der Waals surface area (Å²) in [5, 5.41) is 8.14. The Morgan fingerprint density at radius 1 is 0.789 bits per heavy atom. The predicted molar refractivity (Wildman–Crippen MR) is 84.2 cm³/mol. The first-order valence-electron chi connectivity index (χ1n) is 8.38. The molecule has 0 spiro atoms. The second-order valence-electron chi connectivity index (χ2n) is 6.94. The second kappa shape index (κ2) is 6.43. The van der Waals surface area contributed by atoms with E-state index in [0.29, 0.717) is 12.1 Å². The van der Waals surface area contributed by atoms with E-state index < -0.39 is 0 Å². The van der Waals surface area contributed by atoms with E-state index in [1.807, 2.05) is 0 Å². The van der Waals surface area contributed by atoms with E-state index in [0.717, 1.165) is 16.9 Å². The van der Waals surface area contributed by atoms with Gasteiger partial charge in [0.25, 0.3) is 0 Å². The van der Waals surface area contributed by atoms with Gasteiger partial charge in [0.05, 0.1) is 0 Å². The smallest absolute Gasteiger partial charge is 0.166 e. The fraction of sp³-hybridized carbons (Fsp3) is 0.938. The van der Waals surface area contributed by atoms with Crippen LogP contribution in [0.2, 0.25) is 0 Å². The van der Waals surface area contributed by atoms with Crippen molar-refractivity contribution in [2.24, 2.45) is 11.8 Å². The molecule has 3 saturated carbocycles. The molecule has 2 nitrogen and oxygen atoms in total. The number of hydrogen-bond acceptors (Lipinski definition) is 1. The molecule has 3 heteroatoms. The molecular formula is C16H28N2S. The lowest BCUT2D eigenvalue weighted by Gasteiger charge is -2.28. The van der Waals surface area contributed by atoms with E-state index in [4.69, 9.17) is 12.2 Å². The van der Waals surface area contributed by atoms with Crippen molar-refractivity contribution in [1.82, 2.24) is 10.6 Å². The maximum absolute atomic E-state index is 5.54. The van der Waals surface area contributed by atoms with Gasteiger partial charge in [-0.05, 0) is 56.2 Å². The molecule has 0 aromatic rings. The van der Waals surface area contributed by atoms with Crippen LogP contribution in [-0.2, 0) is 0 Å². The molecule has 19 heavy (non-hydrogen) atoms. The summed E-state index contributed by atoms with van der Waals surface area (Å²) in [7, 11) is 0. The van der Waals surface area contributed by atoms with Gasteiger partial charge in [-0.3, -0.25) is 0 Å². The van der Waals surface area contributed by atoms with Crippen LogP contribution in [0, 0.1) is 11.8 Å². The lowest BCUT2D eigenvalue weighted by Crippen LogP contribution is -2.47. The van der Waals surface area contributed by atoms with Crippen molar-refractivity contribution in [2.75, 3.05) is 0 Å². The van der Waals surface area contributed by atoms with Crippen molar-refractivity contribution < 1.29 is 0 Å². The number of fused-ring (bicyclic) bond motifs is 2. The van der Waals surface area contributed by atoms with Crippen molar-refractivity contribution in [2.45, 2.75) is 82.7 Å². The summed E-state index contributed by atoms with van der Waals surface area (Å²) in [6, 6.07) is 1.30. The van der Waals surface area contributed by atoms with Crippen LogP contribution >= 0.6 is 12.2 Å². The van der Waals surface area contributed by atoms with Gasteiger partial charge in [-0.25, -0.2) is 0 Å². The topological polar surface area (TPSA) is 24.1 Å². The first-order chi connectivity index (χ1) is 9.31. The summed E-state index contributed by atoms with van der Waals surface area (Å²) in [4.78, 5) is 0. The number of thiocarbonyl (C=S) groups is 1. The van der Waals surface area contributed by atoms with E-state index in [1.54, 1.807) is 0 Å². The fourth-order valence-corrected chi connectivity index (χ4v) is 4.74. The summed E-state index contributed by atoms with van der Waals surface area (Å²) < 4.78 is 0. The third-order valence-corrected chi connectivity index (χ3v) is 5.73. The van der Waals surface area contributed by atoms with Crippen molar-refractivity contribution in [3.8, 4) is 0 Å². The predicted octanol–water partition coefficient (Wildman–Crippen LogP) is 3.75. The quantitative estimate of drug-likeness (QED) is 0.753. The highest BCUT2D eigenvalue weighted by molar-refractivity contribution is 7.80. The Morgan fingerprint density at radius 2 is 1.53 bits per heavy atom. The van der Waals surface area contributed by atoms with Gasteiger partial charge in [-0.1, -0.05) is 38.5 Å². The summed E-state index contributed by atoms with van der Waals surface area (Å²) in [5.74, 6) is 1.90. The molecule has 2 bridgehead atoms. The molecule has 3 aliphatic rings. The van der Waals surface area contributed by atoms with Gasteiger partial charge in [0, 0.05) is 12.1 Å². The van der Waals surface area contributed by atoms with E-state index in [-0.39, 0.29) is 0 Å². The minimum atomic E-state index is 0.624. The van der Waals surface area contributed by atoms with Crippen LogP contribution in [0.3, 0.4) is 0 Å². The average Bonchev–Trinajstić information content (AvgIpc) is 2.94. The molecule has 3 aliphatic carbocycles. The largest absolute Gasteiger partial charge is 0.360 e. The SMILES string of the molecule is S=C(NC1CCCCCCC1)N[C@@H]1C[C@H]2CC[C@H]1C2. The average molecular weight is 280 g/mol. The minimum Gasteiger partial charge on any atom is -0.360 e. The molecule has 2 N–H and O–H groups in total. The van der Waals surface area contributed by atoms with Crippen LogP contribution in [0.1, 0.15) is 70.6 Å². The van der Waals surface area contributed by atoms with E-state index >= 15 is 0 Å². The van der Waals surface area contributed by atoms with Crippen molar-refractivity contribution in [1.29, 1.82) is 0 Å². The molecule has 0 aromatic heterocycles. The van der Waals surface area contributed by atoms with Crippen LogP contribution in [0.4, 0.5) is 0 Å². The van der Waals surface area contributed by atoms with Crippen LogP contribution in [-0.4, -0.2) is 17.2 Å². The molecule has 0 amide bonds. The zero-order chi connectivity index (χ0) is 13.1. The maximum Gasteiger partial charge on any atom is 0.166 e. The number of nitrogens with one attached hydrogen (secondary N) is 2. The zero-order valence-corrected chi connectivity index (χ0v) is 12.8. The Morgan fingerprint density at radius 3 is 2.16 bits per heavy atom. The first kappa shape index (κ1) is 13.7. The Kier molecular flexibility index (Phi) is 4.62. The molecule has 0 heterocycles. The zero-order valence-electron chi connectivity index (χ0n) is 12.0. The summed E-state index contributed by atoms with van der Waals surface area (Å²) in [6.45, 7) is 0.